The normalized spacial score (nSPS) is 22.2. The second kappa shape index (κ2) is 6.38. The lowest BCUT2D eigenvalue weighted by atomic mass is 10.2. The number of rotatable bonds is 4. The third-order valence-electron chi connectivity index (χ3n) is 2.08. The SMILES string of the molecule is C/C=C/C=C/C(=O)NCC1CCCO1. The van der Waals surface area contributed by atoms with Gasteiger partial charge < -0.3 is 10.1 Å². The Morgan fingerprint density at radius 3 is 3.07 bits per heavy atom. The van der Waals surface area contributed by atoms with Gasteiger partial charge in [0.15, 0.2) is 0 Å². The molecule has 1 atom stereocenters. The van der Waals surface area contributed by atoms with E-state index in [4.69, 9.17) is 4.74 Å². The van der Waals surface area contributed by atoms with Crippen molar-refractivity contribution in [3.8, 4) is 0 Å². The Balaban J connectivity index is 2.13. The number of amides is 1. The quantitative estimate of drug-likeness (QED) is 0.544. The zero-order valence-corrected chi connectivity index (χ0v) is 8.53. The summed E-state index contributed by atoms with van der Waals surface area (Å²) in [6.07, 6.45) is 9.33. The van der Waals surface area contributed by atoms with Crippen LogP contribution in [0.15, 0.2) is 24.3 Å². The standard InChI is InChI=1S/C11H17NO2/c1-2-3-4-7-11(13)12-9-10-6-5-8-14-10/h2-4,7,10H,5-6,8-9H2,1H3,(H,12,13)/b3-2+,7-4+. The minimum atomic E-state index is -0.0569. The first-order valence-electron chi connectivity index (χ1n) is 5.01. The van der Waals surface area contributed by atoms with Crippen molar-refractivity contribution in [3.05, 3.63) is 24.3 Å². The van der Waals surface area contributed by atoms with Crippen LogP contribution in [0.3, 0.4) is 0 Å². The summed E-state index contributed by atoms with van der Waals surface area (Å²) in [6, 6.07) is 0. The maximum Gasteiger partial charge on any atom is 0.244 e. The van der Waals surface area contributed by atoms with E-state index in [1.54, 1.807) is 6.08 Å². The van der Waals surface area contributed by atoms with Gasteiger partial charge in [0.25, 0.3) is 0 Å². The minimum absolute atomic E-state index is 0.0569. The zero-order valence-electron chi connectivity index (χ0n) is 8.53. The van der Waals surface area contributed by atoms with E-state index in [9.17, 15) is 4.79 Å². The predicted molar refractivity (Wildman–Crippen MR) is 55.9 cm³/mol. The van der Waals surface area contributed by atoms with E-state index in [1.807, 2.05) is 19.1 Å². The first-order chi connectivity index (χ1) is 6.83. The van der Waals surface area contributed by atoms with Crippen molar-refractivity contribution in [2.24, 2.45) is 0 Å². The molecule has 1 aliphatic heterocycles. The summed E-state index contributed by atoms with van der Waals surface area (Å²) < 4.78 is 5.38. The fraction of sp³-hybridized carbons (Fsp3) is 0.545. The summed E-state index contributed by atoms with van der Waals surface area (Å²) in [4.78, 5) is 11.2. The molecule has 1 N–H and O–H groups in total. The highest BCUT2D eigenvalue weighted by Gasteiger charge is 2.15. The summed E-state index contributed by atoms with van der Waals surface area (Å²) in [5.74, 6) is -0.0569. The average Bonchev–Trinajstić information content (AvgIpc) is 2.68. The smallest absolute Gasteiger partial charge is 0.244 e. The third kappa shape index (κ3) is 4.23. The first-order valence-corrected chi connectivity index (χ1v) is 5.01. The molecule has 3 nitrogen and oxygen atoms in total. The van der Waals surface area contributed by atoms with Crippen LogP contribution in [0.1, 0.15) is 19.8 Å². The molecule has 1 aliphatic rings. The van der Waals surface area contributed by atoms with Crippen LogP contribution in [0, 0.1) is 0 Å². The number of allylic oxidation sites excluding steroid dienone is 3. The zero-order chi connectivity index (χ0) is 10.2. The van der Waals surface area contributed by atoms with E-state index in [1.165, 1.54) is 6.08 Å². The summed E-state index contributed by atoms with van der Waals surface area (Å²) in [6.45, 7) is 3.36. The van der Waals surface area contributed by atoms with Crippen LogP contribution in [0.25, 0.3) is 0 Å². The molecule has 0 radical (unpaired) electrons. The van der Waals surface area contributed by atoms with Gasteiger partial charge in [-0.05, 0) is 19.8 Å². The molecule has 0 aromatic heterocycles. The van der Waals surface area contributed by atoms with E-state index in [0.29, 0.717) is 6.54 Å². The summed E-state index contributed by atoms with van der Waals surface area (Å²) in [5, 5.41) is 2.80. The number of carbonyl (C=O) groups excluding carboxylic acids is 1. The van der Waals surface area contributed by atoms with Crippen molar-refractivity contribution < 1.29 is 9.53 Å². The molecule has 1 saturated heterocycles. The molecular weight excluding hydrogens is 178 g/mol. The fourth-order valence-corrected chi connectivity index (χ4v) is 1.33. The van der Waals surface area contributed by atoms with E-state index >= 15 is 0 Å². The van der Waals surface area contributed by atoms with E-state index in [0.717, 1.165) is 19.4 Å². The first kappa shape index (κ1) is 11.0. The Morgan fingerprint density at radius 1 is 1.57 bits per heavy atom. The van der Waals surface area contributed by atoms with Crippen molar-refractivity contribution in [1.82, 2.24) is 5.32 Å². The topological polar surface area (TPSA) is 38.3 Å². The van der Waals surface area contributed by atoms with Crippen LogP contribution in [0.2, 0.25) is 0 Å². The maximum atomic E-state index is 11.2. The van der Waals surface area contributed by atoms with Gasteiger partial charge in [-0.1, -0.05) is 18.2 Å². The van der Waals surface area contributed by atoms with Gasteiger partial charge in [0.05, 0.1) is 6.10 Å². The van der Waals surface area contributed by atoms with Gasteiger partial charge >= 0.3 is 0 Å². The average molecular weight is 195 g/mol. The van der Waals surface area contributed by atoms with Crippen LogP contribution in [-0.2, 0) is 9.53 Å². The largest absolute Gasteiger partial charge is 0.376 e. The van der Waals surface area contributed by atoms with Gasteiger partial charge in [0.1, 0.15) is 0 Å². The highest BCUT2D eigenvalue weighted by molar-refractivity contribution is 5.87. The Kier molecular flexibility index (Phi) is 5.00. The Bertz CT molecular complexity index is 227. The van der Waals surface area contributed by atoms with Crippen molar-refractivity contribution in [2.75, 3.05) is 13.2 Å². The highest BCUT2D eigenvalue weighted by atomic mass is 16.5. The van der Waals surface area contributed by atoms with Crippen LogP contribution < -0.4 is 5.32 Å². The van der Waals surface area contributed by atoms with Crippen LogP contribution in [-0.4, -0.2) is 25.2 Å². The Labute approximate surface area is 84.8 Å². The molecular formula is C11H17NO2. The Hall–Kier alpha value is -1.09. The summed E-state index contributed by atoms with van der Waals surface area (Å²) in [7, 11) is 0. The van der Waals surface area contributed by atoms with E-state index in [-0.39, 0.29) is 12.0 Å². The molecule has 0 aromatic carbocycles. The number of nitrogens with one attached hydrogen (secondary N) is 1. The molecule has 0 aliphatic carbocycles. The summed E-state index contributed by atoms with van der Waals surface area (Å²) in [5.41, 5.74) is 0. The fourth-order valence-electron chi connectivity index (χ4n) is 1.33. The van der Waals surface area contributed by atoms with Gasteiger partial charge in [-0.3, -0.25) is 4.79 Å². The van der Waals surface area contributed by atoms with Gasteiger partial charge in [0, 0.05) is 19.2 Å². The lowest BCUT2D eigenvalue weighted by molar-refractivity contribution is -0.117. The maximum absolute atomic E-state index is 11.2. The van der Waals surface area contributed by atoms with Gasteiger partial charge in [-0.2, -0.15) is 0 Å². The van der Waals surface area contributed by atoms with Crippen LogP contribution in [0.4, 0.5) is 0 Å². The summed E-state index contributed by atoms with van der Waals surface area (Å²) >= 11 is 0. The van der Waals surface area contributed by atoms with Gasteiger partial charge in [0.2, 0.25) is 5.91 Å². The molecule has 0 saturated carbocycles. The molecule has 3 heteroatoms. The lowest BCUT2D eigenvalue weighted by Crippen LogP contribution is -2.30. The molecule has 0 bridgehead atoms. The molecule has 1 unspecified atom stereocenters. The molecule has 78 valence electrons. The monoisotopic (exact) mass is 195 g/mol. The van der Waals surface area contributed by atoms with Gasteiger partial charge in [-0.25, -0.2) is 0 Å². The van der Waals surface area contributed by atoms with E-state index < -0.39 is 0 Å². The predicted octanol–water partition coefficient (Wildman–Crippen LogP) is 1.41. The van der Waals surface area contributed by atoms with Crippen molar-refractivity contribution in [2.45, 2.75) is 25.9 Å². The number of hydrogen-bond donors (Lipinski definition) is 1. The number of ether oxygens (including phenoxy) is 1. The second-order valence-corrected chi connectivity index (χ2v) is 3.27. The molecule has 14 heavy (non-hydrogen) atoms. The molecule has 1 amide bonds. The lowest BCUT2D eigenvalue weighted by Gasteiger charge is -2.08. The minimum Gasteiger partial charge on any atom is -0.376 e. The van der Waals surface area contributed by atoms with Gasteiger partial charge in [-0.15, -0.1) is 0 Å². The Morgan fingerprint density at radius 2 is 2.43 bits per heavy atom. The van der Waals surface area contributed by atoms with Crippen LogP contribution >= 0.6 is 0 Å². The van der Waals surface area contributed by atoms with E-state index in [2.05, 4.69) is 5.32 Å². The third-order valence-corrected chi connectivity index (χ3v) is 2.08. The second-order valence-electron chi connectivity index (χ2n) is 3.27. The van der Waals surface area contributed by atoms with Crippen LogP contribution in [0.5, 0.6) is 0 Å². The molecule has 1 heterocycles. The van der Waals surface area contributed by atoms with Crippen molar-refractivity contribution >= 4 is 5.91 Å². The number of hydrogen-bond acceptors (Lipinski definition) is 2. The molecule has 1 fully saturated rings. The molecule has 1 rings (SSSR count). The highest BCUT2D eigenvalue weighted by Crippen LogP contribution is 2.10. The molecule has 0 spiro atoms. The van der Waals surface area contributed by atoms with Crippen molar-refractivity contribution in [1.29, 1.82) is 0 Å². The van der Waals surface area contributed by atoms with Crippen molar-refractivity contribution in [3.63, 3.8) is 0 Å². The molecule has 0 aromatic rings. The number of carbonyl (C=O) groups is 1.